The van der Waals surface area contributed by atoms with Crippen molar-refractivity contribution in [3.05, 3.63) is 28.7 Å². The summed E-state index contributed by atoms with van der Waals surface area (Å²) in [5.41, 5.74) is 0.666. The zero-order chi connectivity index (χ0) is 17.9. The first kappa shape index (κ1) is 18.3. The minimum atomic E-state index is -1.11. The smallest absolute Gasteiger partial charge is 0.326 e. The molecule has 1 aliphatic rings. The number of thiocarbonyl (C=S) groups is 1. The first-order valence-electron chi connectivity index (χ1n) is 7.20. The standard InChI is InChI=1S/C16H17NO5S2/c1-4-22-13-10(6-5-7-11(13)21-3)8-12-14(18)17(16(23)24-12)9(2)15(19)20/h5-9H,4H2,1-3H3,(H,19,20)/b12-8-/t9-/m0/s1. The summed E-state index contributed by atoms with van der Waals surface area (Å²) in [6, 6.07) is 4.33. The highest BCUT2D eigenvalue weighted by molar-refractivity contribution is 8.26. The number of carbonyl (C=O) groups is 2. The SMILES string of the molecule is CCOc1c(/C=C2\SC(=S)N([C@@H](C)C(=O)O)C2=O)cccc1OC. The van der Waals surface area contributed by atoms with Gasteiger partial charge < -0.3 is 14.6 Å². The lowest BCUT2D eigenvalue weighted by molar-refractivity contribution is -0.144. The van der Waals surface area contributed by atoms with E-state index in [2.05, 4.69) is 0 Å². The number of hydrogen-bond donors (Lipinski definition) is 1. The van der Waals surface area contributed by atoms with Crippen LogP contribution in [0.3, 0.4) is 0 Å². The number of nitrogens with zero attached hydrogens (tertiary/aromatic N) is 1. The Bertz CT molecular complexity index is 716. The Morgan fingerprint density at radius 2 is 2.21 bits per heavy atom. The molecule has 1 aromatic carbocycles. The van der Waals surface area contributed by atoms with Crippen molar-refractivity contribution in [2.45, 2.75) is 19.9 Å². The largest absolute Gasteiger partial charge is 0.493 e. The van der Waals surface area contributed by atoms with Crippen molar-refractivity contribution >= 4 is 46.3 Å². The predicted molar refractivity (Wildman–Crippen MR) is 96.3 cm³/mol. The van der Waals surface area contributed by atoms with Crippen molar-refractivity contribution in [2.24, 2.45) is 0 Å². The third-order valence-corrected chi connectivity index (χ3v) is 4.70. The topological polar surface area (TPSA) is 76.1 Å². The van der Waals surface area contributed by atoms with Gasteiger partial charge in [0.05, 0.1) is 18.6 Å². The van der Waals surface area contributed by atoms with Crippen molar-refractivity contribution in [3.63, 3.8) is 0 Å². The fraction of sp³-hybridized carbons (Fsp3) is 0.312. The minimum absolute atomic E-state index is 0.224. The van der Waals surface area contributed by atoms with Gasteiger partial charge in [0.1, 0.15) is 10.4 Å². The summed E-state index contributed by atoms with van der Waals surface area (Å²) in [5, 5.41) is 9.12. The molecular weight excluding hydrogens is 350 g/mol. The quantitative estimate of drug-likeness (QED) is 0.612. The average Bonchev–Trinajstić information content (AvgIpc) is 2.82. The monoisotopic (exact) mass is 367 g/mol. The minimum Gasteiger partial charge on any atom is -0.493 e. The Balaban J connectivity index is 2.41. The second-order valence-corrected chi connectivity index (χ2v) is 6.55. The molecule has 0 spiro atoms. The predicted octanol–water partition coefficient (Wildman–Crippen LogP) is 2.77. The van der Waals surface area contributed by atoms with Crippen molar-refractivity contribution in [3.8, 4) is 11.5 Å². The Hall–Kier alpha value is -2.06. The van der Waals surface area contributed by atoms with Gasteiger partial charge in [-0.1, -0.05) is 36.1 Å². The van der Waals surface area contributed by atoms with E-state index in [0.29, 0.717) is 28.6 Å². The summed E-state index contributed by atoms with van der Waals surface area (Å²) in [6.07, 6.45) is 1.64. The van der Waals surface area contributed by atoms with E-state index in [9.17, 15) is 9.59 Å². The van der Waals surface area contributed by atoms with E-state index in [0.717, 1.165) is 16.7 Å². The highest BCUT2D eigenvalue weighted by Crippen LogP contribution is 2.38. The van der Waals surface area contributed by atoms with Gasteiger partial charge in [-0.05, 0) is 26.0 Å². The van der Waals surface area contributed by atoms with Crippen LogP contribution in [0.15, 0.2) is 23.1 Å². The van der Waals surface area contributed by atoms with Gasteiger partial charge in [0.15, 0.2) is 11.5 Å². The summed E-state index contributed by atoms with van der Waals surface area (Å²) >= 11 is 6.22. The van der Waals surface area contributed by atoms with Gasteiger partial charge in [-0.3, -0.25) is 9.69 Å². The lowest BCUT2D eigenvalue weighted by Gasteiger charge is -2.18. The third kappa shape index (κ3) is 3.54. The molecular formula is C16H17NO5S2. The van der Waals surface area contributed by atoms with Crippen LogP contribution in [-0.2, 0) is 9.59 Å². The van der Waals surface area contributed by atoms with Gasteiger partial charge >= 0.3 is 5.97 Å². The maximum Gasteiger partial charge on any atom is 0.326 e. The Morgan fingerprint density at radius 3 is 2.79 bits per heavy atom. The number of benzene rings is 1. The van der Waals surface area contributed by atoms with E-state index >= 15 is 0 Å². The molecule has 0 bridgehead atoms. The van der Waals surface area contributed by atoms with E-state index in [1.807, 2.05) is 6.92 Å². The molecule has 0 aromatic heterocycles. The molecule has 2 rings (SSSR count). The molecule has 1 fully saturated rings. The summed E-state index contributed by atoms with van der Waals surface area (Å²) in [5.74, 6) is -0.451. The van der Waals surface area contributed by atoms with E-state index in [4.69, 9.17) is 26.8 Å². The van der Waals surface area contributed by atoms with Crippen molar-refractivity contribution < 1.29 is 24.2 Å². The Kier molecular flexibility index (Phi) is 5.84. The normalized spacial score (nSPS) is 17.3. The summed E-state index contributed by atoms with van der Waals surface area (Å²) in [6.45, 7) is 3.72. The van der Waals surface area contributed by atoms with Crippen molar-refractivity contribution in [2.75, 3.05) is 13.7 Å². The zero-order valence-corrected chi connectivity index (χ0v) is 15.1. The highest BCUT2D eigenvalue weighted by atomic mass is 32.2. The molecule has 1 heterocycles. The fourth-order valence-corrected chi connectivity index (χ4v) is 3.58. The maximum absolute atomic E-state index is 12.5. The molecule has 1 aromatic rings. The van der Waals surface area contributed by atoms with Crippen molar-refractivity contribution in [1.29, 1.82) is 0 Å². The van der Waals surface area contributed by atoms with Gasteiger partial charge in [0.25, 0.3) is 5.91 Å². The molecule has 1 N–H and O–H groups in total. The second-order valence-electron chi connectivity index (χ2n) is 4.88. The van der Waals surface area contributed by atoms with Gasteiger partial charge in [0.2, 0.25) is 0 Å². The van der Waals surface area contributed by atoms with Crippen LogP contribution in [0.4, 0.5) is 0 Å². The van der Waals surface area contributed by atoms with Crippen LogP contribution < -0.4 is 9.47 Å². The third-order valence-electron chi connectivity index (χ3n) is 3.37. The lowest BCUT2D eigenvalue weighted by Crippen LogP contribution is -2.41. The molecule has 1 saturated heterocycles. The molecule has 0 unspecified atom stereocenters. The number of carboxylic acid groups (broad SMARTS) is 1. The van der Waals surface area contributed by atoms with Crippen LogP contribution in [0.25, 0.3) is 6.08 Å². The van der Waals surface area contributed by atoms with E-state index in [-0.39, 0.29) is 4.32 Å². The van der Waals surface area contributed by atoms with Crippen molar-refractivity contribution in [1.82, 2.24) is 4.90 Å². The van der Waals surface area contributed by atoms with Crippen LogP contribution in [0.5, 0.6) is 11.5 Å². The molecule has 8 heteroatoms. The second kappa shape index (κ2) is 7.67. The Morgan fingerprint density at radius 1 is 1.50 bits per heavy atom. The molecule has 1 atom stereocenters. The van der Waals surface area contributed by atoms with Gasteiger partial charge in [-0.15, -0.1) is 0 Å². The lowest BCUT2D eigenvalue weighted by atomic mass is 10.1. The molecule has 6 nitrogen and oxygen atoms in total. The van der Waals surface area contributed by atoms with Crippen LogP contribution in [0.2, 0.25) is 0 Å². The maximum atomic E-state index is 12.5. The Labute approximate surface area is 149 Å². The van der Waals surface area contributed by atoms with Crippen LogP contribution in [0, 0.1) is 0 Å². The van der Waals surface area contributed by atoms with Crippen LogP contribution >= 0.6 is 24.0 Å². The van der Waals surface area contributed by atoms with Gasteiger partial charge in [-0.2, -0.15) is 0 Å². The molecule has 0 aliphatic carbocycles. The molecule has 1 aliphatic heterocycles. The molecule has 1 amide bonds. The van der Waals surface area contributed by atoms with E-state index in [1.165, 1.54) is 14.0 Å². The first-order valence-corrected chi connectivity index (χ1v) is 8.42. The fourth-order valence-electron chi connectivity index (χ4n) is 2.17. The number of thioether (sulfide) groups is 1. The van der Waals surface area contributed by atoms with Gasteiger partial charge in [0, 0.05) is 5.56 Å². The van der Waals surface area contributed by atoms with Gasteiger partial charge in [-0.25, -0.2) is 4.79 Å². The number of amides is 1. The molecule has 24 heavy (non-hydrogen) atoms. The zero-order valence-electron chi connectivity index (χ0n) is 13.4. The van der Waals surface area contributed by atoms with E-state index < -0.39 is 17.9 Å². The van der Waals surface area contributed by atoms with E-state index in [1.54, 1.807) is 24.3 Å². The molecule has 0 radical (unpaired) electrons. The highest BCUT2D eigenvalue weighted by Gasteiger charge is 2.38. The number of carbonyl (C=O) groups excluding carboxylic acids is 1. The number of para-hydroxylation sites is 1. The molecule has 128 valence electrons. The number of hydrogen-bond acceptors (Lipinski definition) is 6. The molecule has 0 saturated carbocycles. The number of methoxy groups -OCH3 is 1. The summed E-state index contributed by atoms with van der Waals surface area (Å²) < 4.78 is 11.1. The first-order chi connectivity index (χ1) is 11.4. The number of carboxylic acids is 1. The number of ether oxygens (including phenoxy) is 2. The van der Waals surface area contributed by atoms with Crippen LogP contribution in [-0.4, -0.2) is 46.0 Å². The summed E-state index contributed by atoms with van der Waals surface area (Å²) in [7, 11) is 1.54. The number of rotatable bonds is 6. The summed E-state index contributed by atoms with van der Waals surface area (Å²) in [4.78, 5) is 25.1. The van der Waals surface area contributed by atoms with Crippen LogP contribution in [0.1, 0.15) is 19.4 Å². The average molecular weight is 367 g/mol. The number of aliphatic carboxylic acids is 1.